The van der Waals surface area contributed by atoms with E-state index in [0.717, 1.165) is 22.3 Å². The number of benzene rings is 2. The Balaban J connectivity index is 1.29. The maximum absolute atomic E-state index is 16.2. The second-order valence-corrected chi connectivity index (χ2v) is 9.23. The van der Waals surface area contributed by atoms with Gasteiger partial charge in [-0.3, -0.25) is 20.1 Å². The molecule has 5 aromatic heterocycles. The van der Waals surface area contributed by atoms with E-state index < -0.39 is 5.82 Å². The van der Waals surface area contributed by atoms with Crippen molar-refractivity contribution in [2.75, 3.05) is 5.32 Å². The Kier molecular flexibility index (Phi) is 5.59. The van der Waals surface area contributed by atoms with Crippen LogP contribution in [0.15, 0.2) is 104 Å². The smallest absolute Gasteiger partial charge is 0.159 e. The number of nitrogens with one attached hydrogen (secondary N) is 3. The number of aromatic nitrogens is 7. The number of aromatic amines is 2. The number of nitrogens with zero attached hydrogens (tertiary/aromatic N) is 5. The van der Waals surface area contributed by atoms with Crippen LogP contribution in [0.2, 0.25) is 0 Å². The number of fused-ring (bicyclic) bond motifs is 2. The summed E-state index contributed by atoms with van der Waals surface area (Å²) in [7, 11) is 0. The molecule has 0 saturated carbocycles. The molecule has 0 aliphatic rings. The van der Waals surface area contributed by atoms with E-state index in [0.29, 0.717) is 50.4 Å². The summed E-state index contributed by atoms with van der Waals surface area (Å²) in [5, 5.41) is 11.0. The number of anilines is 1. The zero-order chi connectivity index (χ0) is 27.1. The zero-order valence-corrected chi connectivity index (χ0v) is 21.1. The standard InChI is InChI=1S/C31H21FN8/c1-18(19-5-3-2-4-6-19)36-22-15-21(16-34-17-22)23-7-8-24-26(27(23)32)30(40-39-24)31-37-25-11-14-35-28(29(25)38-31)20-9-12-33-13-10-20/h2-17,36H,1H2,(H,37,38)(H,39,40). The van der Waals surface area contributed by atoms with Gasteiger partial charge in [0.15, 0.2) is 5.82 Å². The molecule has 0 bridgehead atoms. The third-order valence-electron chi connectivity index (χ3n) is 6.71. The second-order valence-electron chi connectivity index (χ2n) is 9.23. The Hall–Kier alpha value is -5.70. The molecular formula is C31H21FN8. The van der Waals surface area contributed by atoms with Gasteiger partial charge in [0.1, 0.15) is 17.0 Å². The molecule has 7 aromatic rings. The van der Waals surface area contributed by atoms with Crippen LogP contribution in [0.5, 0.6) is 0 Å². The molecule has 0 aliphatic heterocycles. The molecule has 5 heterocycles. The van der Waals surface area contributed by atoms with Gasteiger partial charge in [0.2, 0.25) is 0 Å². The number of hydrogen-bond acceptors (Lipinski definition) is 6. The summed E-state index contributed by atoms with van der Waals surface area (Å²) in [6, 6.07) is 20.7. The molecule has 9 heteroatoms. The van der Waals surface area contributed by atoms with Crippen molar-refractivity contribution in [1.29, 1.82) is 0 Å². The Bertz CT molecular complexity index is 2010. The predicted octanol–water partition coefficient (Wildman–Crippen LogP) is 6.85. The van der Waals surface area contributed by atoms with Crippen LogP contribution in [-0.2, 0) is 0 Å². The van der Waals surface area contributed by atoms with Crippen LogP contribution in [0.4, 0.5) is 10.1 Å². The maximum Gasteiger partial charge on any atom is 0.159 e. The SMILES string of the molecule is C=C(Nc1cncc(-c2ccc3[nH]nc(-c4nc5c(-c6ccncc6)nccc5[nH]4)c3c2F)c1)c1ccccc1. The van der Waals surface area contributed by atoms with E-state index in [2.05, 4.69) is 42.0 Å². The number of hydrogen-bond donors (Lipinski definition) is 3. The van der Waals surface area contributed by atoms with E-state index in [-0.39, 0.29) is 0 Å². The van der Waals surface area contributed by atoms with Crippen LogP contribution in [-0.4, -0.2) is 35.1 Å². The van der Waals surface area contributed by atoms with Crippen LogP contribution in [0, 0.1) is 5.82 Å². The lowest BCUT2D eigenvalue weighted by Crippen LogP contribution is -1.98. The normalized spacial score (nSPS) is 11.2. The minimum atomic E-state index is -0.421. The van der Waals surface area contributed by atoms with Gasteiger partial charge >= 0.3 is 0 Å². The molecule has 40 heavy (non-hydrogen) atoms. The molecule has 192 valence electrons. The first kappa shape index (κ1) is 23.4. The van der Waals surface area contributed by atoms with Crippen molar-refractivity contribution in [2.45, 2.75) is 0 Å². The van der Waals surface area contributed by atoms with Gasteiger partial charge in [-0.05, 0) is 42.0 Å². The highest BCUT2D eigenvalue weighted by atomic mass is 19.1. The lowest BCUT2D eigenvalue weighted by Gasteiger charge is -2.11. The molecule has 0 amide bonds. The summed E-state index contributed by atoms with van der Waals surface area (Å²) >= 11 is 0. The molecule has 0 radical (unpaired) electrons. The molecule has 0 unspecified atom stereocenters. The average molecular weight is 525 g/mol. The third-order valence-corrected chi connectivity index (χ3v) is 6.71. The number of imidazole rings is 1. The van der Waals surface area contributed by atoms with Crippen molar-refractivity contribution in [3.05, 3.63) is 116 Å². The summed E-state index contributed by atoms with van der Waals surface area (Å²) in [5.74, 6) is 0.0170. The van der Waals surface area contributed by atoms with Gasteiger partial charge in [-0.25, -0.2) is 9.37 Å². The monoisotopic (exact) mass is 524 g/mol. The van der Waals surface area contributed by atoms with E-state index >= 15 is 4.39 Å². The van der Waals surface area contributed by atoms with Gasteiger partial charge in [0.05, 0.1) is 34.0 Å². The molecule has 2 aromatic carbocycles. The van der Waals surface area contributed by atoms with E-state index in [1.807, 2.05) is 54.6 Å². The fourth-order valence-corrected chi connectivity index (χ4v) is 4.78. The molecule has 8 nitrogen and oxygen atoms in total. The minimum Gasteiger partial charge on any atom is -0.354 e. The third kappa shape index (κ3) is 4.06. The summed E-state index contributed by atoms with van der Waals surface area (Å²) < 4.78 is 16.2. The molecule has 3 N–H and O–H groups in total. The lowest BCUT2D eigenvalue weighted by atomic mass is 10.0. The van der Waals surface area contributed by atoms with Crippen molar-refractivity contribution in [1.82, 2.24) is 35.1 Å². The van der Waals surface area contributed by atoms with Crippen molar-refractivity contribution in [3.63, 3.8) is 0 Å². The molecule has 0 saturated heterocycles. The fourth-order valence-electron chi connectivity index (χ4n) is 4.78. The summed E-state index contributed by atoms with van der Waals surface area (Å²) in [6.07, 6.45) is 8.44. The summed E-state index contributed by atoms with van der Waals surface area (Å²) in [6.45, 7) is 4.12. The van der Waals surface area contributed by atoms with E-state index in [1.165, 1.54) is 0 Å². The number of H-pyrrole nitrogens is 2. The molecular weight excluding hydrogens is 503 g/mol. The Morgan fingerprint density at radius 3 is 2.52 bits per heavy atom. The topological polar surface area (TPSA) is 108 Å². The minimum absolute atomic E-state index is 0.335. The highest BCUT2D eigenvalue weighted by Crippen LogP contribution is 2.35. The van der Waals surface area contributed by atoms with Crippen LogP contribution in [0.25, 0.3) is 61.5 Å². The fraction of sp³-hybridized carbons (Fsp3) is 0. The highest BCUT2D eigenvalue weighted by molar-refractivity contribution is 5.98. The van der Waals surface area contributed by atoms with Crippen molar-refractivity contribution < 1.29 is 4.39 Å². The molecule has 0 fully saturated rings. The van der Waals surface area contributed by atoms with Crippen molar-refractivity contribution >= 4 is 33.3 Å². The maximum atomic E-state index is 16.2. The van der Waals surface area contributed by atoms with Gasteiger partial charge in [-0.1, -0.05) is 36.9 Å². The first-order chi connectivity index (χ1) is 19.7. The summed E-state index contributed by atoms with van der Waals surface area (Å²) in [4.78, 5) is 21.0. The van der Waals surface area contributed by atoms with E-state index in [9.17, 15) is 0 Å². The lowest BCUT2D eigenvalue weighted by molar-refractivity contribution is 0.643. The first-order valence-electron chi connectivity index (χ1n) is 12.5. The van der Waals surface area contributed by atoms with Crippen LogP contribution < -0.4 is 5.32 Å². The van der Waals surface area contributed by atoms with E-state index in [4.69, 9.17) is 4.98 Å². The molecule has 0 spiro atoms. The first-order valence-corrected chi connectivity index (χ1v) is 12.5. The van der Waals surface area contributed by atoms with E-state index in [1.54, 1.807) is 43.1 Å². The number of halogens is 1. The predicted molar refractivity (Wildman–Crippen MR) is 154 cm³/mol. The average Bonchev–Trinajstić information content (AvgIpc) is 3.63. The highest BCUT2D eigenvalue weighted by Gasteiger charge is 2.20. The van der Waals surface area contributed by atoms with Crippen LogP contribution in [0.3, 0.4) is 0 Å². The van der Waals surface area contributed by atoms with Crippen molar-refractivity contribution in [2.24, 2.45) is 0 Å². The number of rotatable bonds is 6. The Morgan fingerprint density at radius 2 is 1.68 bits per heavy atom. The second kappa shape index (κ2) is 9.55. The molecule has 0 atom stereocenters. The van der Waals surface area contributed by atoms with Gasteiger partial charge in [-0.15, -0.1) is 0 Å². The van der Waals surface area contributed by atoms with Crippen LogP contribution in [0.1, 0.15) is 5.56 Å². The molecule has 0 aliphatic carbocycles. The van der Waals surface area contributed by atoms with Gasteiger partial charge < -0.3 is 10.3 Å². The van der Waals surface area contributed by atoms with Gasteiger partial charge in [0, 0.05) is 47.2 Å². The van der Waals surface area contributed by atoms with Crippen molar-refractivity contribution in [3.8, 4) is 33.9 Å². The Morgan fingerprint density at radius 1 is 0.825 bits per heavy atom. The summed E-state index contributed by atoms with van der Waals surface area (Å²) in [5.41, 5.74) is 7.35. The Labute approximate surface area is 227 Å². The van der Waals surface area contributed by atoms with Gasteiger partial charge in [0.25, 0.3) is 0 Å². The zero-order valence-electron chi connectivity index (χ0n) is 21.1. The number of pyridine rings is 3. The van der Waals surface area contributed by atoms with Gasteiger partial charge in [-0.2, -0.15) is 5.10 Å². The quantitative estimate of drug-likeness (QED) is 0.220. The van der Waals surface area contributed by atoms with Crippen LogP contribution >= 0.6 is 0 Å². The molecule has 7 rings (SSSR count). The largest absolute Gasteiger partial charge is 0.354 e.